The van der Waals surface area contributed by atoms with Crippen LogP contribution >= 0.6 is 23.1 Å². The van der Waals surface area contributed by atoms with E-state index in [-0.39, 0.29) is 5.01 Å². The van der Waals surface area contributed by atoms with Gasteiger partial charge in [-0.3, -0.25) is 0 Å². The zero-order valence-corrected chi connectivity index (χ0v) is 11.3. The lowest BCUT2D eigenvalue weighted by atomic mass is 10.3. The van der Waals surface area contributed by atoms with Crippen LogP contribution in [0.4, 0.5) is 5.69 Å². The number of carboxylic acid groups (broad SMARTS) is 1. The number of aromatic carboxylic acids is 1. The number of aromatic nitrogens is 1. The summed E-state index contributed by atoms with van der Waals surface area (Å²) in [6, 6.07) is 7.99. The van der Waals surface area contributed by atoms with Crippen molar-refractivity contribution >= 4 is 34.8 Å². The first-order chi connectivity index (χ1) is 8.70. The number of thiazole rings is 1. The average molecular weight is 280 g/mol. The largest absolute Gasteiger partial charge is 0.476 e. The highest BCUT2D eigenvalue weighted by molar-refractivity contribution is 7.98. The van der Waals surface area contributed by atoms with Gasteiger partial charge in [-0.2, -0.15) is 0 Å². The van der Waals surface area contributed by atoms with Crippen molar-refractivity contribution in [1.82, 2.24) is 4.98 Å². The number of thioether (sulfide) groups is 1. The molecule has 18 heavy (non-hydrogen) atoms. The molecule has 0 aliphatic carbocycles. The number of nitrogens with zero attached hydrogens (tertiary/aromatic N) is 1. The number of carboxylic acids is 1. The van der Waals surface area contributed by atoms with Gasteiger partial charge < -0.3 is 10.4 Å². The Balaban J connectivity index is 2.04. The average Bonchev–Trinajstić information content (AvgIpc) is 2.85. The lowest BCUT2D eigenvalue weighted by Crippen LogP contribution is -2.02. The van der Waals surface area contributed by atoms with E-state index in [2.05, 4.69) is 10.3 Å². The summed E-state index contributed by atoms with van der Waals surface area (Å²) in [5, 5.41) is 13.9. The van der Waals surface area contributed by atoms with Crippen molar-refractivity contribution in [3.05, 3.63) is 40.3 Å². The number of hydrogen-bond acceptors (Lipinski definition) is 5. The quantitative estimate of drug-likeness (QED) is 0.824. The van der Waals surface area contributed by atoms with Gasteiger partial charge in [-0.25, -0.2) is 9.78 Å². The van der Waals surface area contributed by atoms with E-state index < -0.39 is 5.97 Å². The number of anilines is 1. The molecule has 2 aromatic rings. The van der Waals surface area contributed by atoms with Crippen LogP contribution in [0.15, 0.2) is 34.5 Å². The number of nitrogens with one attached hydrogen (secondary N) is 1. The van der Waals surface area contributed by atoms with E-state index in [0.29, 0.717) is 6.54 Å². The van der Waals surface area contributed by atoms with Crippen LogP contribution < -0.4 is 5.32 Å². The van der Waals surface area contributed by atoms with E-state index in [1.54, 1.807) is 17.1 Å². The molecule has 0 bridgehead atoms. The van der Waals surface area contributed by atoms with E-state index in [1.165, 1.54) is 0 Å². The van der Waals surface area contributed by atoms with Crippen molar-refractivity contribution in [2.24, 2.45) is 0 Å². The molecule has 0 aliphatic rings. The van der Waals surface area contributed by atoms with E-state index in [0.717, 1.165) is 27.6 Å². The van der Waals surface area contributed by atoms with E-state index in [1.807, 2.05) is 30.5 Å². The highest BCUT2D eigenvalue weighted by Gasteiger charge is 2.09. The van der Waals surface area contributed by atoms with Gasteiger partial charge in [-0.05, 0) is 18.4 Å². The fraction of sp³-hybridized carbons (Fsp3) is 0.167. The first-order valence-electron chi connectivity index (χ1n) is 5.25. The smallest absolute Gasteiger partial charge is 0.365 e. The highest BCUT2D eigenvalue weighted by atomic mass is 32.2. The summed E-state index contributed by atoms with van der Waals surface area (Å²) in [6.45, 7) is 0.529. The van der Waals surface area contributed by atoms with E-state index in [4.69, 9.17) is 5.11 Å². The Morgan fingerprint density at radius 3 is 2.94 bits per heavy atom. The summed E-state index contributed by atoms with van der Waals surface area (Å²) in [5.41, 5.74) is 1.78. The van der Waals surface area contributed by atoms with Gasteiger partial charge in [-0.1, -0.05) is 12.1 Å². The van der Waals surface area contributed by atoms with Crippen molar-refractivity contribution < 1.29 is 9.90 Å². The summed E-state index contributed by atoms with van der Waals surface area (Å²) < 4.78 is 0. The Morgan fingerprint density at radius 1 is 1.50 bits per heavy atom. The molecule has 0 aliphatic heterocycles. The van der Waals surface area contributed by atoms with Gasteiger partial charge in [0.25, 0.3) is 0 Å². The molecule has 1 heterocycles. The second kappa shape index (κ2) is 5.88. The molecule has 6 heteroatoms. The highest BCUT2D eigenvalue weighted by Crippen LogP contribution is 2.25. The minimum atomic E-state index is -0.976. The molecule has 2 N–H and O–H groups in total. The fourth-order valence-corrected chi connectivity index (χ4v) is 2.69. The van der Waals surface area contributed by atoms with E-state index >= 15 is 0 Å². The maximum absolute atomic E-state index is 10.7. The Labute approximate surface area is 113 Å². The van der Waals surface area contributed by atoms with Gasteiger partial charge in [0.05, 0.1) is 12.2 Å². The number of benzene rings is 1. The maximum atomic E-state index is 10.7. The summed E-state index contributed by atoms with van der Waals surface area (Å²) >= 11 is 2.81. The number of para-hydroxylation sites is 1. The Kier molecular flexibility index (Phi) is 4.22. The normalized spacial score (nSPS) is 10.3. The Bertz CT molecular complexity index is 555. The van der Waals surface area contributed by atoms with Crippen molar-refractivity contribution in [1.29, 1.82) is 0 Å². The molecule has 4 nitrogen and oxygen atoms in total. The molecule has 0 amide bonds. The third-order valence-corrected chi connectivity index (χ3v) is 3.98. The molecule has 0 unspecified atom stereocenters. The van der Waals surface area contributed by atoms with Gasteiger partial charge in [0, 0.05) is 16.0 Å². The molecule has 94 valence electrons. The zero-order chi connectivity index (χ0) is 13.0. The summed E-state index contributed by atoms with van der Waals surface area (Å²) in [5.74, 6) is -0.976. The van der Waals surface area contributed by atoms with Crippen molar-refractivity contribution in [3.8, 4) is 0 Å². The predicted molar refractivity (Wildman–Crippen MR) is 74.6 cm³/mol. The summed E-state index contributed by atoms with van der Waals surface area (Å²) in [7, 11) is 0. The van der Waals surface area contributed by atoms with Gasteiger partial charge >= 0.3 is 5.97 Å². The van der Waals surface area contributed by atoms with Crippen LogP contribution in [0.1, 0.15) is 15.5 Å². The minimum absolute atomic E-state index is 0.130. The van der Waals surface area contributed by atoms with Crippen LogP contribution in [0.3, 0.4) is 0 Å². The molecular formula is C12H12N2O2S2. The van der Waals surface area contributed by atoms with Crippen molar-refractivity contribution in [2.45, 2.75) is 11.4 Å². The van der Waals surface area contributed by atoms with Crippen LogP contribution in [-0.4, -0.2) is 22.3 Å². The number of carbonyl (C=O) groups is 1. The lowest BCUT2D eigenvalue weighted by molar-refractivity contribution is 0.0696. The van der Waals surface area contributed by atoms with Crippen molar-refractivity contribution in [2.75, 3.05) is 11.6 Å². The topological polar surface area (TPSA) is 62.2 Å². The van der Waals surface area contributed by atoms with Crippen LogP contribution in [0, 0.1) is 0 Å². The predicted octanol–water partition coefficient (Wildman–Crippen LogP) is 3.18. The van der Waals surface area contributed by atoms with Crippen LogP contribution in [0.2, 0.25) is 0 Å². The van der Waals surface area contributed by atoms with Crippen molar-refractivity contribution in [3.63, 3.8) is 0 Å². The second-order valence-electron chi connectivity index (χ2n) is 3.50. The fourth-order valence-electron chi connectivity index (χ4n) is 1.46. The van der Waals surface area contributed by atoms with Gasteiger partial charge in [-0.15, -0.1) is 23.1 Å². The third kappa shape index (κ3) is 3.02. The van der Waals surface area contributed by atoms with Gasteiger partial charge in [0.2, 0.25) is 5.01 Å². The SMILES string of the molecule is CSc1ccccc1NCc1csc(C(=O)O)n1. The van der Waals surface area contributed by atoms with Gasteiger partial charge in [0.1, 0.15) is 0 Å². The first kappa shape index (κ1) is 12.9. The first-order valence-corrected chi connectivity index (χ1v) is 7.35. The van der Waals surface area contributed by atoms with Crippen LogP contribution in [-0.2, 0) is 6.54 Å². The summed E-state index contributed by atoms with van der Waals surface area (Å²) in [4.78, 5) is 15.9. The molecule has 0 spiro atoms. The van der Waals surface area contributed by atoms with Crippen LogP contribution in [0.25, 0.3) is 0 Å². The molecule has 0 fully saturated rings. The molecule has 0 atom stereocenters. The standard InChI is InChI=1S/C12H12N2O2S2/c1-17-10-5-3-2-4-9(10)13-6-8-7-18-11(14-8)12(15)16/h2-5,7,13H,6H2,1H3,(H,15,16). The Morgan fingerprint density at radius 2 is 2.28 bits per heavy atom. The maximum Gasteiger partial charge on any atom is 0.365 e. The Hall–Kier alpha value is -1.53. The second-order valence-corrected chi connectivity index (χ2v) is 5.21. The van der Waals surface area contributed by atoms with Gasteiger partial charge in [0.15, 0.2) is 0 Å². The molecule has 1 aromatic heterocycles. The zero-order valence-electron chi connectivity index (χ0n) is 9.71. The summed E-state index contributed by atoms with van der Waals surface area (Å²) in [6.07, 6.45) is 2.02. The molecule has 0 saturated heterocycles. The molecule has 1 aromatic carbocycles. The molecule has 0 radical (unpaired) electrons. The minimum Gasteiger partial charge on any atom is -0.476 e. The van der Waals surface area contributed by atoms with Crippen LogP contribution in [0.5, 0.6) is 0 Å². The molecule has 0 saturated carbocycles. The molecule has 2 rings (SSSR count). The number of rotatable bonds is 5. The van der Waals surface area contributed by atoms with E-state index in [9.17, 15) is 4.79 Å². The number of hydrogen-bond donors (Lipinski definition) is 2. The lowest BCUT2D eigenvalue weighted by Gasteiger charge is -2.08. The monoisotopic (exact) mass is 280 g/mol. The molecular weight excluding hydrogens is 268 g/mol. The third-order valence-electron chi connectivity index (χ3n) is 2.30.